The van der Waals surface area contributed by atoms with Crippen molar-refractivity contribution in [1.29, 1.82) is 0 Å². The quantitative estimate of drug-likeness (QED) is 0.761. The van der Waals surface area contributed by atoms with E-state index in [1.54, 1.807) is 12.5 Å². The number of aromatic nitrogens is 2. The third kappa shape index (κ3) is 2.25. The summed E-state index contributed by atoms with van der Waals surface area (Å²) in [4.78, 5) is 4.03. The maximum Gasteiger partial charge on any atom is 0.160 e. The Morgan fingerprint density at radius 3 is 2.73 bits per heavy atom. The molecule has 78 valence electrons. The molecule has 15 heavy (non-hydrogen) atoms. The highest BCUT2D eigenvalue weighted by Gasteiger charge is 2.11. The second kappa shape index (κ2) is 4.75. The zero-order chi connectivity index (χ0) is 10.5. The molecule has 0 saturated heterocycles. The van der Waals surface area contributed by atoms with E-state index in [0.717, 1.165) is 5.56 Å². The molecule has 1 unspecified atom stereocenters. The molecule has 3 nitrogen and oxygen atoms in total. The molecule has 0 fully saturated rings. The van der Waals surface area contributed by atoms with Gasteiger partial charge in [-0.05, 0) is 6.92 Å². The summed E-state index contributed by atoms with van der Waals surface area (Å²) in [5, 5.41) is 0. The predicted molar refractivity (Wildman–Crippen MR) is 58.4 cm³/mol. The Bertz CT molecular complexity index is 383. The van der Waals surface area contributed by atoms with E-state index in [1.807, 2.05) is 35.9 Å². The molecule has 1 aromatic carbocycles. The molecule has 2 rings (SSSR count). The average Bonchev–Trinajstić information content (AvgIpc) is 2.80. The summed E-state index contributed by atoms with van der Waals surface area (Å²) in [6, 6.07) is 10.1. The van der Waals surface area contributed by atoms with Gasteiger partial charge in [-0.25, -0.2) is 4.98 Å². The summed E-state index contributed by atoms with van der Waals surface area (Å²) in [5.74, 6) is 0. The largest absolute Gasteiger partial charge is 0.354 e. The smallest absolute Gasteiger partial charge is 0.160 e. The standard InChI is InChI=1S/C12H14N2O/c1-2-15-12(14-9-8-13-10-14)11-6-4-3-5-7-11/h3-10,12H,2H2,1H3. The normalized spacial score (nSPS) is 12.6. The van der Waals surface area contributed by atoms with E-state index in [2.05, 4.69) is 17.1 Å². The Balaban J connectivity index is 2.28. The van der Waals surface area contributed by atoms with Crippen LogP contribution in [-0.2, 0) is 4.74 Å². The first-order valence-electron chi connectivity index (χ1n) is 5.06. The minimum Gasteiger partial charge on any atom is -0.354 e. The number of imidazole rings is 1. The molecule has 0 N–H and O–H groups in total. The lowest BCUT2D eigenvalue weighted by Gasteiger charge is -2.18. The van der Waals surface area contributed by atoms with E-state index >= 15 is 0 Å². The van der Waals surface area contributed by atoms with Gasteiger partial charge in [-0.1, -0.05) is 30.3 Å². The van der Waals surface area contributed by atoms with Gasteiger partial charge in [-0.2, -0.15) is 0 Å². The summed E-state index contributed by atoms with van der Waals surface area (Å²) in [7, 11) is 0. The highest BCUT2D eigenvalue weighted by Crippen LogP contribution is 2.18. The van der Waals surface area contributed by atoms with Crippen molar-refractivity contribution in [2.24, 2.45) is 0 Å². The van der Waals surface area contributed by atoms with Crippen molar-refractivity contribution < 1.29 is 4.74 Å². The van der Waals surface area contributed by atoms with Crippen LogP contribution in [0.25, 0.3) is 0 Å². The van der Waals surface area contributed by atoms with Gasteiger partial charge in [-0.15, -0.1) is 0 Å². The first kappa shape index (κ1) is 9.93. The van der Waals surface area contributed by atoms with Gasteiger partial charge in [0.1, 0.15) is 0 Å². The number of benzene rings is 1. The number of rotatable bonds is 4. The van der Waals surface area contributed by atoms with Gasteiger partial charge >= 0.3 is 0 Å². The van der Waals surface area contributed by atoms with Gasteiger partial charge in [0.05, 0.1) is 6.33 Å². The Morgan fingerprint density at radius 2 is 2.13 bits per heavy atom. The molecule has 1 aromatic heterocycles. The fourth-order valence-electron chi connectivity index (χ4n) is 1.54. The zero-order valence-corrected chi connectivity index (χ0v) is 8.71. The van der Waals surface area contributed by atoms with Crippen molar-refractivity contribution in [3.8, 4) is 0 Å². The molecule has 0 aliphatic heterocycles. The van der Waals surface area contributed by atoms with Gasteiger partial charge in [-0.3, -0.25) is 0 Å². The molecule has 0 aliphatic rings. The number of hydrogen-bond donors (Lipinski definition) is 0. The van der Waals surface area contributed by atoms with Crippen LogP contribution < -0.4 is 0 Å². The van der Waals surface area contributed by atoms with Crippen molar-refractivity contribution >= 4 is 0 Å². The molecular formula is C12H14N2O. The molecule has 1 heterocycles. The summed E-state index contributed by atoms with van der Waals surface area (Å²) in [5.41, 5.74) is 1.14. The molecule has 0 radical (unpaired) electrons. The molecule has 0 bridgehead atoms. The van der Waals surface area contributed by atoms with Crippen molar-refractivity contribution in [2.75, 3.05) is 6.61 Å². The lowest BCUT2D eigenvalue weighted by Crippen LogP contribution is -2.12. The highest BCUT2D eigenvalue weighted by molar-refractivity contribution is 5.18. The molecular weight excluding hydrogens is 188 g/mol. The molecule has 0 amide bonds. The Kier molecular flexibility index (Phi) is 3.15. The SMILES string of the molecule is CCOC(c1ccccc1)n1ccnc1. The van der Waals surface area contributed by atoms with E-state index in [-0.39, 0.29) is 6.23 Å². The minimum absolute atomic E-state index is 0.0706. The predicted octanol–water partition coefficient (Wildman–Crippen LogP) is 2.47. The average molecular weight is 202 g/mol. The van der Waals surface area contributed by atoms with Crippen molar-refractivity contribution in [2.45, 2.75) is 13.2 Å². The number of nitrogens with zero attached hydrogens (tertiary/aromatic N) is 2. The van der Waals surface area contributed by atoms with Crippen LogP contribution in [0, 0.1) is 0 Å². The lowest BCUT2D eigenvalue weighted by molar-refractivity contribution is 0.0410. The van der Waals surface area contributed by atoms with E-state index in [9.17, 15) is 0 Å². The Hall–Kier alpha value is -1.61. The first-order valence-corrected chi connectivity index (χ1v) is 5.06. The summed E-state index contributed by atoms with van der Waals surface area (Å²) >= 11 is 0. The zero-order valence-electron chi connectivity index (χ0n) is 8.71. The van der Waals surface area contributed by atoms with Crippen LogP contribution >= 0.6 is 0 Å². The summed E-state index contributed by atoms with van der Waals surface area (Å²) < 4.78 is 7.65. The van der Waals surface area contributed by atoms with Crippen LogP contribution in [0.15, 0.2) is 49.1 Å². The molecule has 1 atom stereocenters. The van der Waals surface area contributed by atoms with Gasteiger partial charge in [0.2, 0.25) is 0 Å². The van der Waals surface area contributed by atoms with E-state index in [1.165, 1.54) is 0 Å². The number of ether oxygens (including phenoxy) is 1. The monoisotopic (exact) mass is 202 g/mol. The van der Waals surface area contributed by atoms with Crippen LogP contribution in [0.1, 0.15) is 18.7 Å². The van der Waals surface area contributed by atoms with Gasteiger partial charge < -0.3 is 9.30 Å². The Labute approximate surface area is 89.3 Å². The van der Waals surface area contributed by atoms with Crippen LogP contribution in [0.4, 0.5) is 0 Å². The molecule has 2 aromatic rings. The fraction of sp³-hybridized carbons (Fsp3) is 0.250. The van der Waals surface area contributed by atoms with E-state index < -0.39 is 0 Å². The van der Waals surface area contributed by atoms with Gasteiger partial charge in [0, 0.05) is 24.6 Å². The molecule has 0 saturated carbocycles. The minimum atomic E-state index is -0.0706. The van der Waals surface area contributed by atoms with E-state index in [4.69, 9.17) is 4.74 Å². The van der Waals surface area contributed by atoms with Crippen LogP contribution in [0.5, 0.6) is 0 Å². The lowest BCUT2D eigenvalue weighted by atomic mass is 10.2. The van der Waals surface area contributed by atoms with Gasteiger partial charge in [0.15, 0.2) is 6.23 Å². The fourth-order valence-corrected chi connectivity index (χ4v) is 1.54. The second-order valence-corrected chi connectivity index (χ2v) is 3.23. The molecule has 3 heteroatoms. The van der Waals surface area contributed by atoms with Crippen LogP contribution in [0.2, 0.25) is 0 Å². The van der Waals surface area contributed by atoms with Crippen molar-refractivity contribution in [3.05, 3.63) is 54.6 Å². The van der Waals surface area contributed by atoms with Crippen molar-refractivity contribution in [3.63, 3.8) is 0 Å². The molecule has 0 aliphatic carbocycles. The maximum absolute atomic E-state index is 5.70. The third-order valence-corrected chi connectivity index (χ3v) is 2.20. The third-order valence-electron chi connectivity index (χ3n) is 2.20. The number of hydrogen-bond acceptors (Lipinski definition) is 2. The van der Waals surface area contributed by atoms with Crippen molar-refractivity contribution in [1.82, 2.24) is 9.55 Å². The maximum atomic E-state index is 5.70. The second-order valence-electron chi connectivity index (χ2n) is 3.23. The topological polar surface area (TPSA) is 27.1 Å². The summed E-state index contributed by atoms with van der Waals surface area (Å²) in [6.45, 7) is 2.67. The van der Waals surface area contributed by atoms with Gasteiger partial charge in [0.25, 0.3) is 0 Å². The highest BCUT2D eigenvalue weighted by atomic mass is 16.5. The Morgan fingerprint density at radius 1 is 1.33 bits per heavy atom. The van der Waals surface area contributed by atoms with E-state index in [0.29, 0.717) is 6.61 Å². The van der Waals surface area contributed by atoms with Crippen LogP contribution in [-0.4, -0.2) is 16.2 Å². The van der Waals surface area contributed by atoms with Crippen LogP contribution in [0.3, 0.4) is 0 Å². The first-order chi connectivity index (χ1) is 7.42. The summed E-state index contributed by atoms with van der Waals surface area (Å²) in [6.07, 6.45) is 5.37. The molecule has 0 spiro atoms.